The van der Waals surface area contributed by atoms with Gasteiger partial charge in [-0.15, -0.1) is 0 Å². The molecule has 21 heavy (non-hydrogen) atoms. The SMILES string of the molecule is CCC(Nc1ccc(Cl)c(C(N)=O)c1)c1cccc(F)c1. The van der Waals surface area contributed by atoms with E-state index in [1.807, 2.05) is 13.0 Å². The Labute approximate surface area is 127 Å². The Balaban J connectivity index is 2.27. The van der Waals surface area contributed by atoms with Gasteiger partial charge in [0, 0.05) is 5.69 Å². The molecule has 0 spiro atoms. The van der Waals surface area contributed by atoms with E-state index in [0.717, 1.165) is 12.0 Å². The van der Waals surface area contributed by atoms with Crippen molar-refractivity contribution in [1.82, 2.24) is 0 Å². The molecule has 1 atom stereocenters. The molecule has 0 aromatic heterocycles. The van der Waals surface area contributed by atoms with Gasteiger partial charge in [-0.25, -0.2) is 4.39 Å². The number of rotatable bonds is 5. The Morgan fingerprint density at radius 2 is 2.10 bits per heavy atom. The summed E-state index contributed by atoms with van der Waals surface area (Å²) in [5.41, 5.74) is 7.09. The van der Waals surface area contributed by atoms with Crippen molar-refractivity contribution in [2.24, 2.45) is 5.73 Å². The van der Waals surface area contributed by atoms with Crippen LogP contribution < -0.4 is 11.1 Å². The molecule has 0 aliphatic rings. The third-order valence-corrected chi connectivity index (χ3v) is 3.56. The highest BCUT2D eigenvalue weighted by atomic mass is 35.5. The third kappa shape index (κ3) is 3.73. The van der Waals surface area contributed by atoms with Gasteiger partial charge in [0.25, 0.3) is 0 Å². The molecule has 110 valence electrons. The Morgan fingerprint density at radius 1 is 1.33 bits per heavy atom. The number of primary amides is 1. The Hall–Kier alpha value is -2.07. The van der Waals surface area contributed by atoms with Crippen LogP contribution in [-0.4, -0.2) is 5.91 Å². The number of carbonyl (C=O) groups is 1. The summed E-state index contributed by atoms with van der Waals surface area (Å²) in [6, 6.07) is 11.3. The van der Waals surface area contributed by atoms with Gasteiger partial charge in [-0.1, -0.05) is 30.7 Å². The topological polar surface area (TPSA) is 55.1 Å². The Kier molecular flexibility index (Phi) is 4.81. The first kappa shape index (κ1) is 15.3. The zero-order valence-electron chi connectivity index (χ0n) is 11.6. The fourth-order valence-corrected chi connectivity index (χ4v) is 2.36. The van der Waals surface area contributed by atoms with Crippen LogP contribution in [-0.2, 0) is 0 Å². The van der Waals surface area contributed by atoms with E-state index in [2.05, 4.69) is 5.32 Å². The molecule has 3 nitrogen and oxygen atoms in total. The number of hydrogen-bond acceptors (Lipinski definition) is 2. The van der Waals surface area contributed by atoms with Crippen molar-refractivity contribution in [3.05, 3.63) is 64.4 Å². The predicted octanol–water partition coefficient (Wildman–Crippen LogP) is 4.14. The maximum Gasteiger partial charge on any atom is 0.250 e. The molecule has 0 saturated carbocycles. The maximum atomic E-state index is 13.3. The highest BCUT2D eigenvalue weighted by molar-refractivity contribution is 6.33. The first-order chi connectivity index (χ1) is 10.0. The van der Waals surface area contributed by atoms with E-state index in [1.165, 1.54) is 12.1 Å². The first-order valence-electron chi connectivity index (χ1n) is 6.62. The lowest BCUT2D eigenvalue weighted by Crippen LogP contribution is -2.14. The van der Waals surface area contributed by atoms with Crippen molar-refractivity contribution in [3.63, 3.8) is 0 Å². The van der Waals surface area contributed by atoms with Gasteiger partial charge in [-0.2, -0.15) is 0 Å². The molecule has 0 radical (unpaired) electrons. The van der Waals surface area contributed by atoms with E-state index in [-0.39, 0.29) is 17.4 Å². The molecule has 5 heteroatoms. The Bertz CT molecular complexity index is 660. The second kappa shape index (κ2) is 6.59. The van der Waals surface area contributed by atoms with Gasteiger partial charge >= 0.3 is 0 Å². The molecular formula is C16H16ClFN2O. The summed E-state index contributed by atoms with van der Waals surface area (Å²) in [6.45, 7) is 1.99. The summed E-state index contributed by atoms with van der Waals surface area (Å²) in [5.74, 6) is -0.857. The van der Waals surface area contributed by atoms with Crippen molar-refractivity contribution < 1.29 is 9.18 Å². The van der Waals surface area contributed by atoms with Crippen LogP contribution in [0.5, 0.6) is 0 Å². The van der Waals surface area contributed by atoms with E-state index in [4.69, 9.17) is 17.3 Å². The van der Waals surface area contributed by atoms with Crippen LogP contribution >= 0.6 is 11.6 Å². The molecule has 2 aromatic carbocycles. The van der Waals surface area contributed by atoms with Crippen LogP contribution in [0.2, 0.25) is 5.02 Å². The molecule has 0 aliphatic heterocycles. The fourth-order valence-electron chi connectivity index (χ4n) is 2.15. The number of benzene rings is 2. The molecule has 0 heterocycles. The summed E-state index contributed by atoms with van der Waals surface area (Å²) in [6.07, 6.45) is 0.762. The third-order valence-electron chi connectivity index (χ3n) is 3.23. The van der Waals surface area contributed by atoms with E-state index < -0.39 is 5.91 Å². The minimum atomic E-state index is -0.581. The molecule has 1 unspecified atom stereocenters. The number of hydrogen-bond donors (Lipinski definition) is 2. The molecule has 3 N–H and O–H groups in total. The number of amides is 1. The van der Waals surface area contributed by atoms with Crippen LogP contribution in [0.25, 0.3) is 0 Å². The van der Waals surface area contributed by atoms with Gasteiger partial charge in [-0.05, 0) is 42.3 Å². The highest BCUT2D eigenvalue weighted by Crippen LogP contribution is 2.26. The standard InChI is InChI=1S/C16H16ClFN2O/c1-2-15(10-4-3-5-11(18)8-10)20-12-6-7-14(17)13(9-12)16(19)21/h3-9,15,20H,2H2,1H3,(H2,19,21). The molecule has 2 aromatic rings. The summed E-state index contributed by atoms with van der Waals surface area (Å²) in [5, 5.41) is 3.57. The maximum absolute atomic E-state index is 13.3. The van der Waals surface area contributed by atoms with Gasteiger partial charge in [0.15, 0.2) is 0 Å². The van der Waals surface area contributed by atoms with Crippen LogP contribution in [0, 0.1) is 5.82 Å². The van der Waals surface area contributed by atoms with Crippen molar-refractivity contribution in [3.8, 4) is 0 Å². The van der Waals surface area contributed by atoms with Crippen LogP contribution in [0.4, 0.5) is 10.1 Å². The van der Waals surface area contributed by atoms with Crippen molar-refractivity contribution in [2.45, 2.75) is 19.4 Å². The Morgan fingerprint density at radius 3 is 2.71 bits per heavy atom. The quantitative estimate of drug-likeness (QED) is 0.872. The highest BCUT2D eigenvalue weighted by Gasteiger charge is 2.12. The minimum absolute atomic E-state index is 0.0670. The van der Waals surface area contributed by atoms with Gasteiger partial charge in [-0.3, -0.25) is 4.79 Å². The second-order valence-electron chi connectivity index (χ2n) is 4.72. The van der Waals surface area contributed by atoms with Gasteiger partial charge in [0.05, 0.1) is 16.6 Å². The van der Waals surface area contributed by atoms with Crippen LogP contribution in [0.3, 0.4) is 0 Å². The van der Waals surface area contributed by atoms with Crippen molar-refractivity contribution in [2.75, 3.05) is 5.32 Å². The molecule has 0 bridgehead atoms. The average Bonchev–Trinajstić information content (AvgIpc) is 2.46. The second-order valence-corrected chi connectivity index (χ2v) is 5.13. The largest absolute Gasteiger partial charge is 0.378 e. The van der Waals surface area contributed by atoms with Gasteiger partial charge in [0.1, 0.15) is 5.82 Å². The van der Waals surface area contributed by atoms with Crippen molar-refractivity contribution >= 4 is 23.2 Å². The number of anilines is 1. The predicted molar refractivity (Wildman–Crippen MR) is 83.0 cm³/mol. The lowest BCUT2D eigenvalue weighted by atomic mass is 10.0. The lowest BCUT2D eigenvalue weighted by molar-refractivity contribution is 0.100. The van der Waals surface area contributed by atoms with Crippen molar-refractivity contribution in [1.29, 1.82) is 0 Å². The van der Waals surface area contributed by atoms with E-state index in [1.54, 1.807) is 24.3 Å². The molecule has 0 fully saturated rings. The number of halogens is 2. The normalized spacial score (nSPS) is 12.0. The first-order valence-corrected chi connectivity index (χ1v) is 7.00. The number of nitrogens with two attached hydrogens (primary N) is 1. The van der Waals surface area contributed by atoms with E-state index in [0.29, 0.717) is 10.7 Å². The minimum Gasteiger partial charge on any atom is -0.378 e. The fraction of sp³-hybridized carbons (Fsp3) is 0.188. The zero-order valence-corrected chi connectivity index (χ0v) is 12.3. The molecule has 0 aliphatic carbocycles. The summed E-state index contributed by atoms with van der Waals surface area (Å²) >= 11 is 5.92. The molecule has 1 amide bonds. The summed E-state index contributed by atoms with van der Waals surface area (Å²) in [4.78, 5) is 11.3. The zero-order chi connectivity index (χ0) is 15.4. The molecular weight excluding hydrogens is 291 g/mol. The smallest absolute Gasteiger partial charge is 0.250 e. The van der Waals surface area contributed by atoms with Gasteiger partial charge in [0.2, 0.25) is 5.91 Å². The van der Waals surface area contributed by atoms with Gasteiger partial charge < -0.3 is 11.1 Å². The lowest BCUT2D eigenvalue weighted by Gasteiger charge is -2.19. The summed E-state index contributed by atoms with van der Waals surface area (Å²) < 4.78 is 13.3. The van der Waals surface area contributed by atoms with E-state index in [9.17, 15) is 9.18 Å². The monoisotopic (exact) mass is 306 g/mol. The van der Waals surface area contributed by atoms with Crippen LogP contribution in [0.15, 0.2) is 42.5 Å². The molecule has 2 rings (SSSR count). The molecule has 0 saturated heterocycles. The number of nitrogens with one attached hydrogen (secondary N) is 1. The average molecular weight is 307 g/mol. The van der Waals surface area contributed by atoms with E-state index >= 15 is 0 Å². The summed E-state index contributed by atoms with van der Waals surface area (Å²) in [7, 11) is 0. The number of carbonyl (C=O) groups excluding carboxylic acids is 1. The van der Waals surface area contributed by atoms with Crippen LogP contribution in [0.1, 0.15) is 35.3 Å².